The molecule has 1 aromatic carbocycles. The van der Waals surface area contributed by atoms with Gasteiger partial charge in [-0.25, -0.2) is 9.37 Å². The maximum atomic E-state index is 14.0. The maximum Gasteiger partial charge on any atom is 0.166 e. The summed E-state index contributed by atoms with van der Waals surface area (Å²) in [7, 11) is 0. The van der Waals surface area contributed by atoms with Crippen molar-refractivity contribution in [2.75, 3.05) is 18.8 Å². The summed E-state index contributed by atoms with van der Waals surface area (Å²) in [4.78, 5) is 4.29. The zero-order chi connectivity index (χ0) is 22.0. The van der Waals surface area contributed by atoms with Crippen LogP contribution in [0.3, 0.4) is 0 Å². The standard InChI is InChI=1S/C22H24Cl2FN5O/c1-2-18(20-16(23)3-4-17(25)21(20)24)31-19-9-13(10-28-22(19)26)14-11-29-30(12-14)15-5-7-27-8-6-15/h3-4,9-12,15,18,27H,2,5-8H2,1H3,(H2,26,28). The zero-order valence-corrected chi connectivity index (χ0v) is 18.6. The molecule has 6 nitrogen and oxygen atoms in total. The van der Waals surface area contributed by atoms with Crippen LogP contribution in [0.5, 0.6) is 5.75 Å². The van der Waals surface area contributed by atoms with Crippen molar-refractivity contribution in [2.45, 2.75) is 38.3 Å². The number of nitrogen functional groups attached to an aromatic ring is 1. The number of nitrogens with two attached hydrogens (primary N) is 1. The Morgan fingerprint density at radius 2 is 2.03 bits per heavy atom. The van der Waals surface area contributed by atoms with E-state index in [9.17, 15) is 4.39 Å². The normalized spacial score (nSPS) is 15.7. The number of benzene rings is 1. The lowest BCUT2D eigenvalue weighted by atomic mass is 10.1. The fourth-order valence-corrected chi connectivity index (χ4v) is 4.42. The van der Waals surface area contributed by atoms with Gasteiger partial charge in [-0.3, -0.25) is 4.68 Å². The second kappa shape index (κ2) is 9.42. The average Bonchev–Trinajstić information content (AvgIpc) is 3.28. The van der Waals surface area contributed by atoms with E-state index in [1.165, 1.54) is 12.1 Å². The lowest BCUT2D eigenvalue weighted by molar-refractivity contribution is 0.202. The monoisotopic (exact) mass is 463 g/mol. The molecule has 4 rings (SSSR count). The highest BCUT2D eigenvalue weighted by molar-refractivity contribution is 6.36. The maximum absolute atomic E-state index is 14.0. The number of ether oxygens (including phenoxy) is 1. The number of aromatic nitrogens is 3. The molecule has 3 heterocycles. The van der Waals surface area contributed by atoms with E-state index in [2.05, 4.69) is 15.4 Å². The molecular weight excluding hydrogens is 440 g/mol. The molecule has 3 N–H and O–H groups in total. The third kappa shape index (κ3) is 4.63. The molecule has 0 bridgehead atoms. The first-order valence-corrected chi connectivity index (χ1v) is 11.0. The summed E-state index contributed by atoms with van der Waals surface area (Å²) in [5.41, 5.74) is 8.22. The van der Waals surface area contributed by atoms with Crippen molar-refractivity contribution in [3.63, 3.8) is 0 Å². The number of hydrogen-bond donors (Lipinski definition) is 2. The van der Waals surface area contributed by atoms with Crippen LogP contribution < -0.4 is 15.8 Å². The van der Waals surface area contributed by atoms with Crippen molar-refractivity contribution in [3.05, 3.63) is 58.2 Å². The van der Waals surface area contributed by atoms with Crippen LogP contribution in [0.4, 0.5) is 10.2 Å². The minimum absolute atomic E-state index is 0.0507. The van der Waals surface area contributed by atoms with Gasteiger partial charge < -0.3 is 15.8 Å². The van der Waals surface area contributed by atoms with E-state index in [4.69, 9.17) is 33.7 Å². The zero-order valence-electron chi connectivity index (χ0n) is 17.1. The first kappa shape index (κ1) is 21.9. The van der Waals surface area contributed by atoms with E-state index in [1.807, 2.05) is 30.1 Å². The van der Waals surface area contributed by atoms with Crippen LogP contribution in [0, 0.1) is 5.82 Å². The Morgan fingerprint density at radius 3 is 2.77 bits per heavy atom. The van der Waals surface area contributed by atoms with E-state index >= 15 is 0 Å². The first-order chi connectivity index (χ1) is 15.0. The number of nitrogens with zero attached hydrogens (tertiary/aromatic N) is 3. The lowest BCUT2D eigenvalue weighted by Gasteiger charge is -2.22. The predicted molar refractivity (Wildman–Crippen MR) is 121 cm³/mol. The summed E-state index contributed by atoms with van der Waals surface area (Å²) in [6, 6.07) is 4.90. The summed E-state index contributed by atoms with van der Waals surface area (Å²) in [6.45, 7) is 3.88. The molecule has 0 amide bonds. The smallest absolute Gasteiger partial charge is 0.166 e. The molecule has 1 unspecified atom stereocenters. The van der Waals surface area contributed by atoms with Crippen LogP contribution in [0.15, 0.2) is 36.8 Å². The molecule has 1 aliphatic rings. The van der Waals surface area contributed by atoms with Crippen molar-refractivity contribution in [1.29, 1.82) is 0 Å². The fourth-order valence-electron chi connectivity index (χ4n) is 3.80. The second-order valence-corrected chi connectivity index (χ2v) is 8.35. The summed E-state index contributed by atoms with van der Waals surface area (Å²) in [5.74, 6) is 0.0697. The summed E-state index contributed by atoms with van der Waals surface area (Å²) in [6.07, 6.45) is 7.55. The fraction of sp³-hybridized carbons (Fsp3) is 0.364. The predicted octanol–water partition coefficient (Wildman–Crippen LogP) is 5.43. The number of nitrogens with one attached hydrogen (secondary N) is 1. The molecule has 164 valence electrons. The largest absolute Gasteiger partial charge is 0.482 e. The SMILES string of the molecule is CCC(Oc1cc(-c2cnn(C3CCNCC3)c2)cnc1N)c1c(Cl)ccc(F)c1Cl. The topological polar surface area (TPSA) is 78.0 Å². The third-order valence-corrected chi connectivity index (χ3v) is 6.25. The minimum atomic E-state index is -0.576. The van der Waals surface area contributed by atoms with Gasteiger partial charge in [-0.05, 0) is 50.6 Å². The van der Waals surface area contributed by atoms with Crippen LogP contribution in [0.1, 0.15) is 43.9 Å². The molecule has 1 fully saturated rings. The Morgan fingerprint density at radius 1 is 1.26 bits per heavy atom. The van der Waals surface area contributed by atoms with Gasteiger partial charge in [0.25, 0.3) is 0 Å². The van der Waals surface area contributed by atoms with Crippen LogP contribution in [-0.4, -0.2) is 27.9 Å². The van der Waals surface area contributed by atoms with Crippen LogP contribution in [-0.2, 0) is 0 Å². The Labute approximate surface area is 190 Å². The van der Waals surface area contributed by atoms with Crippen molar-refractivity contribution in [2.24, 2.45) is 0 Å². The lowest BCUT2D eigenvalue weighted by Crippen LogP contribution is -2.29. The highest BCUT2D eigenvalue weighted by atomic mass is 35.5. The Bertz CT molecular complexity index is 1070. The van der Waals surface area contributed by atoms with Crippen LogP contribution in [0.2, 0.25) is 10.0 Å². The van der Waals surface area contributed by atoms with Gasteiger partial charge in [0, 0.05) is 34.1 Å². The number of rotatable bonds is 6. The molecule has 2 aromatic heterocycles. The molecule has 0 spiro atoms. The highest BCUT2D eigenvalue weighted by Crippen LogP contribution is 2.38. The van der Waals surface area contributed by atoms with Crippen molar-refractivity contribution in [1.82, 2.24) is 20.1 Å². The van der Waals surface area contributed by atoms with Crippen LogP contribution >= 0.6 is 23.2 Å². The van der Waals surface area contributed by atoms with Crippen molar-refractivity contribution < 1.29 is 9.13 Å². The third-order valence-electron chi connectivity index (χ3n) is 5.54. The Balaban J connectivity index is 1.61. The second-order valence-electron chi connectivity index (χ2n) is 7.57. The van der Waals surface area contributed by atoms with E-state index in [1.54, 1.807) is 6.20 Å². The minimum Gasteiger partial charge on any atom is -0.482 e. The van der Waals surface area contributed by atoms with Crippen molar-refractivity contribution >= 4 is 29.0 Å². The van der Waals surface area contributed by atoms with E-state index in [0.29, 0.717) is 28.8 Å². The van der Waals surface area contributed by atoms with Gasteiger partial charge in [-0.15, -0.1) is 0 Å². The Kier molecular flexibility index (Phi) is 6.65. The number of halogens is 3. The Hall–Kier alpha value is -2.35. The molecule has 31 heavy (non-hydrogen) atoms. The molecule has 0 aliphatic carbocycles. The molecule has 1 aliphatic heterocycles. The number of hydrogen-bond acceptors (Lipinski definition) is 5. The summed E-state index contributed by atoms with van der Waals surface area (Å²) < 4.78 is 22.2. The highest BCUT2D eigenvalue weighted by Gasteiger charge is 2.23. The van der Waals surface area contributed by atoms with Crippen molar-refractivity contribution in [3.8, 4) is 16.9 Å². The molecule has 1 atom stereocenters. The van der Waals surface area contributed by atoms with Gasteiger partial charge in [0.15, 0.2) is 11.6 Å². The number of piperidine rings is 1. The summed E-state index contributed by atoms with van der Waals surface area (Å²) >= 11 is 12.5. The molecular formula is C22H24Cl2FN5O. The molecule has 1 saturated heterocycles. The van der Waals surface area contributed by atoms with Gasteiger partial charge in [0.1, 0.15) is 11.9 Å². The molecule has 9 heteroatoms. The van der Waals surface area contributed by atoms with Gasteiger partial charge in [-0.2, -0.15) is 5.10 Å². The number of pyridine rings is 1. The van der Waals surface area contributed by atoms with Gasteiger partial charge in [0.2, 0.25) is 0 Å². The van der Waals surface area contributed by atoms with E-state index in [-0.39, 0.29) is 10.8 Å². The molecule has 0 radical (unpaired) electrons. The summed E-state index contributed by atoms with van der Waals surface area (Å²) in [5, 5.41) is 8.19. The van der Waals surface area contributed by atoms with Gasteiger partial charge >= 0.3 is 0 Å². The first-order valence-electron chi connectivity index (χ1n) is 10.3. The molecule has 3 aromatic rings. The average molecular weight is 464 g/mol. The molecule has 0 saturated carbocycles. The quantitative estimate of drug-likeness (QED) is 0.476. The van der Waals surface area contributed by atoms with Gasteiger partial charge in [-0.1, -0.05) is 30.1 Å². The van der Waals surface area contributed by atoms with E-state index < -0.39 is 11.9 Å². The van der Waals surface area contributed by atoms with Crippen LogP contribution in [0.25, 0.3) is 11.1 Å². The van der Waals surface area contributed by atoms with Gasteiger partial charge in [0.05, 0.1) is 17.3 Å². The number of anilines is 1. The van der Waals surface area contributed by atoms with E-state index in [0.717, 1.165) is 37.1 Å².